The van der Waals surface area contributed by atoms with E-state index in [0.29, 0.717) is 37.3 Å². The molecule has 0 unspecified atom stereocenters. The van der Waals surface area contributed by atoms with Crippen molar-refractivity contribution in [2.24, 2.45) is 0 Å². The number of carbonyl (C=O) groups excluding carboxylic acids is 1. The van der Waals surface area contributed by atoms with Gasteiger partial charge in [0.15, 0.2) is 11.5 Å². The number of rotatable bonds is 11. The third kappa shape index (κ3) is 7.13. The van der Waals surface area contributed by atoms with Crippen LogP contribution in [0.1, 0.15) is 17.5 Å². The third-order valence-corrected chi connectivity index (χ3v) is 4.44. The fraction of sp³-hybridized carbons (Fsp3) is 0.348. The summed E-state index contributed by atoms with van der Waals surface area (Å²) in [4.78, 5) is 12.4. The Labute approximate surface area is 171 Å². The molecule has 0 saturated heterocycles. The Morgan fingerprint density at radius 2 is 1.83 bits per heavy atom. The van der Waals surface area contributed by atoms with Crippen LogP contribution in [-0.2, 0) is 22.4 Å². The van der Waals surface area contributed by atoms with Crippen molar-refractivity contribution in [3.63, 3.8) is 0 Å². The van der Waals surface area contributed by atoms with Crippen LogP contribution in [-0.4, -0.2) is 39.4 Å². The van der Waals surface area contributed by atoms with Crippen molar-refractivity contribution >= 4 is 5.91 Å². The van der Waals surface area contributed by atoms with Crippen molar-refractivity contribution in [2.45, 2.75) is 25.4 Å². The Balaban J connectivity index is 1.82. The Hall–Kier alpha value is -3.04. The summed E-state index contributed by atoms with van der Waals surface area (Å²) >= 11 is 0. The van der Waals surface area contributed by atoms with E-state index in [9.17, 15) is 9.18 Å². The largest absolute Gasteiger partial charge is 0.493 e. The predicted octanol–water partition coefficient (Wildman–Crippen LogP) is 3.15. The maximum Gasteiger partial charge on any atom is 0.249 e. The molecule has 2 rings (SSSR count). The molecule has 0 spiro atoms. The highest BCUT2D eigenvalue weighted by Gasteiger charge is 2.17. The molecule has 0 saturated carbocycles. The summed E-state index contributed by atoms with van der Waals surface area (Å²) in [6.45, 7) is 0.630. The first-order valence-electron chi connectivity index (χ1n) is 9.35. The number of amides is 1. The number of terminal acetylenes is 1. The molecular formula is C23H26FNO4. The maximum atomic E-state index is 13.0. The first-order chi connectivity index (χ1) is 14.1. The minimum atomic E-state index is -0.561. The average molecular weight is 399 g/mol. The van der Waals surface area contributed by atoms with Gasteiger partial charge in [-0.15, -0.1) is 6.42 Å². The molecule has 0 heterocycles. The van der Waals surface area contributed by atoms with E-state index in [2.05, 4.69) is 11.2 Å². The second-order valence-corrected chi connectivity index (χ2v) is 6.41. The number of ether oxygens (including phenoxy) is 3. The van der Waals surface area contributed by atoms with Gasteiger partial charge in [-0.3, -0.25) is 4.79 Å². The van der Waals surface area contributed by atoms with Crippen molar-refractivity contribution in [1.82, 2.24) is 5.32 Å². The van der Waals surface area contributed by atoms with E-state index in [4.69, 9.17) is 20.6 Å². The average Bonchev–Trinajstić information content (AvgIpc) is 2.74. The van der Waals surface area contributed by atoms with Gasteiger partial charge in [-0.25, -0.2) is 4.39 Å². The van der Waals surface area contributed by atoms with Gasteiger partial charge in [-0.2, -0.15) is 0 Å². The van der Waals surface area contributed by atoms with Crippen LogP contribution < -0.4 is 14.8 Å². The van der Waals surface area contributed by atoms with Gasteiger partial charge in [-0.05, 0) is 54.7 Å². The van der Waals surface area contributed by atoms with Gasteiger partial charge in [0.2, 0.25) is 5.91 Å². The number of carbonyl (C=O) groups is 1. The topological polar surface area (TPSA) is 56.8 Å². The first-order valence-corrected chi connectivity index (χ1v) is 9.35. The third-order valence-electron chi connectivity index (χ3n) is 4.44. The summed E-state index contributed by atoms with van der Waals surface area (Å²) in [6, 6.07) is 11.8. The summed E-state index contributed by atoms with van der Waals surface area (Å²) in [7, 11) is 3.07. The van der Waals surface area contributed by atoms with Crippen LogP contribution in [0.25, 0.3) is 0 Å². The lowest BCUT2D eigenvalue weighted by Gasteiger charge is -2.16. The van der Waals surface area contributed by atoms with E-state index in [1.54, 1.807) is 25.3 Å². The van der Waals surface area contributed by atoms with Crippen LogP contribution in [0.2, 0.25) is 0 Å². The summed E-state index contributed by atoms with van der Waals surface area (Å²) in [5, 5.41) is 2.89. The SMILES string of the molecule is C#CCOc1ccc(CCNC(=O)[C@H](CCc2ccc(F)cc2)OC)cc1OC. The zero-order valence-corrected chi connectivity index (χ0v) is 16.7. The highest BCUT2D eigenvalue weighted by molar-refractivity contribution is 5.80. The molecule has 29 heavy (non-hydrogen) atoms. The molecule has 0 aliphatic carbocycles. The molecule has 0 aliphatic heterocycles. The van der Waals surface area contributed by atoms with Crippen LogP contribution in [0.15, 0.2) is 42.5 Å². The molecule has 1 amide bonds. The fourth-order valence-electron chi connectivity index (χ4n) is 2.85. The number of nitrogens with one attached hydrogen (secondary N) is 1. The number of halogens is 1. The Morgan fingerprint density at radius 3 is 2.48 bits per heavy atom. The molecule has 0 aliphatic rings. The summed E-state index contributed by atoms with van der Waals surface area (Å²) in [5.74, 6) is 3.15. The monoisotopic (exact) mass is 399 g/mol. The van der Waals surface area contributed by atoms with Crippen LogP contribution in [0.4, 0.5) is 4.39 Å². The lowest BCUT2D eigenvalue weighted by atomic mass is 10.1. The Morgan fingerprint density at radius 1 is 1.10 bits per heavy atom. The number of hydrogen-bond donors (Lipinski definition) is 1. The molecule has 0 fully saturated rings. The predicted molar refractivity (Wildman–Crippen MR) is 110 cm³/mol. The summed E-state index contributed by atoms with van der Waals surface area (Å²) in [5.41, 5.74) is 1.95. The standard InChI is InChI=1S/C23H26FNO4/c1-4-15-29-20-11-8-18(16-22(20)28-3)13-14-25-23(26)21(27-2)12-7-17-5-9-19(24)10-6-17/h1,5-6,8-11,16,21H,7,12-15H2,2-3H3,(H,25,26)/t21-/m0/s1. The molecule has 1 N–H and O–H groups in total. The van der Waals surface area contributed by atoms with E-state index >= 15 is 0 Å². The molecule has 0 radical (unpaired) electrons. The van der Waals surface area contributed by atoms with Crippen LogP contribution >= 0.6 is 0 Å². The Bertz CT molecular complexity index is 830. The number of benzene rings is 2. The van der Waals surface area contributed by atoms with Crippen molar-refractivity contribution in [3.05, 3.63) is 59.4 Å². The quantitative estimate of drug-likeness (QED) is 0.590. The molecular weight excluding hydrogens is 373 g/mol. The first kappa shape index (κ1) is 22.3. The van der Waals surface area contributed by atoms with Crippen LogP contribution in [0.5, 0.6) is 11.5 Å². The Kier molecular flexibility index (Phi) is 9.00. The number of methoxy groups -OCH3 is 2. The van der Waals surface area contributed by atoms with Gasteiger partial charge in [-0.1, -0.05) is 24.1 Å². The minimum absolute atomic E-state index is 0.169. The van der Waals surface area contributed by atoms with Crippen molar-refractivity contribution < 1.29 is 23.4 Å². The fourth-order valence-corrected chi connectivity index (χ4v) is 2.85. The lowest BCUT2D eigenvalue weighted by Crippen LogP contribution is -2.37. The smallest absolute Gasteiger partial charge is 0.249 e. The van der Waals surface area contributed by atoms with Gasteiger partial charge in [0.25, 0.3) is 0 Å². The lowest BCUT2D eigenvalue weighted by molar-refractivity contribution is -0.131. The number of hydrogen-bond acceptors (Lipinski definition) is 4. The molecule has 5 nitrogen and oxygen atoms in total. The van der Waals surface area contributed by atoms with E-state index in [1.807, 2.05) is 12.1 Å². The highest BCUT2D eigenvalue weighted by atomic mass is 19.1. The molecule has 154 valence electrons. The van der Waals surface area contributed by atoms with Crippen LogP contribution in [0, 0.1) is 18.2 Å². The second kappa shape index (κ2) is 11.7. The van der Waals surface area contributed by atoms with Gasteiger partial charge >= 0.3 is 0 Å². The van der Waals surface area contributed by atoms with Crippen LogP contribution in [0.3, 0.4) is 0 Å². The summed E-state index contributed by atoms with van der Waals surface area (Å²) in [6.07, 6.45) is 6.42. The van der Waals surface area contributed by atoms with Crippen molar-refractivity contribution in [2.75, 3.05) is 27.4 Å². The second-order valence-electron chi connectivity index (χ2n) is 6.41. The molecule has 0 aromatic heterocycles. The number of aryl methyl sites for hydroxylation is 1. The molecule has 1 atom stereocenters. The van der Waals surface area contributed by atoms with Gasteiger partial charge in [0, 0.05) is 13.7 Å². The van der Waals surface area contributed by atoms with E-state index in [-0.39, 0.29) is 18.3 Å². The van der Waals surface area contributed by atoms with Gasteiger partial charge < -0.3 is 19.5 Å². The summed E-state index contributed by atoms with van der Waals surface area (Å²) < 4.78 is 29.0. The zero-order valence-electron chi connectivity index (χ0n) is 16.7. The van der Waals surface area contributed by atoms with Gasteiger partial charge in [0.1, 0.15) is 18.5 Å². The molecule has 0 bridgehead atoms. The maximum absolute atomic E-state index is 13.0. The minimum Gasteiger partial charge on any atom is -0.493 e. The molecule has 2 aromatic rings. The van der Waals surface area contributed by atoms with Crippen molar-refractivity contribution in [3.8, 4) is 23.8 Å². The zero-order chi connectivity index (χ0) is 21.1. The molecule has 6 heteroatoms. The van der Waals surface area contributed by atoms with E-state index < -0.39 is 6.10 Å². The normalized spacial score (nSPS) is 11.4. The van der Waals surface area contributed by atoms with Crippen molar-refractivity contribution in [1.29, 1.82) is 0 Å². The molecule has 2 aromatic carbocycles. The highest BCUT2D eigenvalue weighted by Crippen LogP contribution is 2.28. The van der Waals surface area contributed by atoms with E-state index in [0.717, 1.165) is 11.1 Å². The van der Waals surface area contributed by atoms with E-state index in [1.165, 1.54) is 19.2 Å². The van der Waals surface area contributed by atoms with Gasteiger partial charge in [0.05, 0.1) is 7.11 Å².